The number of hydrogen-bond acceptors (Lipinski definition) is 6. The summed E-state index contributed by atoms with van der Waals surface area (Å²) in [6, 6.07) is 4.18. The van der Waals surface area contributed by atoms with Gasteiger partial charge < -0.3 is 9.63 Å². The van der Waals surface area contributed by atoms with Crippen molar-refractivity contribution in [2.75, 3.05) is 0 Å². The van der Waals surface area contributed by atoms with Crippen LogP contribution in [0.15, 0.2) is 50.3 Å². The van der Waals surface area contributed by atoms with Gasteiger partial charge >= 0.3 is 12.1 Å². The zero-order chi connectivity index (χ0) is 27.7. The molecule has 1 aliphatic carbocycles. The molecule has 14 heteroatoms. The van der Waals surface area contributed by atoms with Crippen LogP contribution in [0.3, 0.4) is 0 Å². The topological polar surface area (TPSA) is 122 Å². The Balaban J connectivity index is 1.54. The van der Waals surface area contributed by atoms with E-state index in [1.807, 2.05) is 0 Å². The van der Waals surface area contributed by atoms with Gasteiger partial charge in [-0.3, -0.25) is 4.79 Å². The molecule has 1 aliphatic rings. The normalized spacial score (nSPS) is 15.9. The maximum absolute atomic E-state index is 14.9. The number of benzene rings is 2. The van der Waals surface area contributed by atoms with Crippen LogP contribution in [0.2, 0.25) is 0 Å². The summed E-state index contributed by atoms with van der Waals surface area (Å²) >= 11 is 2.86. The molecule has 0 aliphatic heterocycles. The Morgan fingerprint density at radius 2 is 1.87 bits per heavy atom. The fourth-order valence-electron chi connectivity index (χ4n) is 4.35. The molecule has 1 atom stereocenters. The molecule has 38 heavy (non-hydrogen) atoms. The van der Waals surface area contributed by atoms with E-state index in [4.69, 9.17) is 4.52 Å². The number of carboxylic acid groups (broad SMARTS) is 1. The van der Waals surface area contributed by atoms with Gasteiger partial charge in [0.05, 0.1) is 16.0 Å². The molecule has 0 bridgehead atoms. The van der Waals surface area contributed by atoms with Crippen molar-refractivity contribution >= 4 is 31.9 Å². The average molecular weight is 620 g/mol. The maximum atomic E-state index is 14.9. The van der Waals surface area contributed by atoms with Crippen LogP contribution in [0.5, 0.6) is 0 Å². The highest BCUT2D eigenvalue weighted by atomic mass is 79.9. The minimum atomic E-state index is -5.02. The number of halogens is 5. The molecule has 1 unspecified atom stereocenters. The molecule has 0 spiro atoms. The van der Waals surface area contributed by atoms with Crippen molar-refractivity contribution in [3.8, 4) is 11.4 Å². The van der Waals surface area contributed by atoms with E-state index in [9.17, 15) is 35.9 Å². The molecule has 1 saturated carbocycles. The first-order chi connectivity index (χ1) is 17.8. The third-order valence-electron chi connectivity index (χ3n) is 6.24. The summed E-state index contributed by atoms with van der Waals surface area (Å²) in [7, 11) is -4.92. The molecule has 204 valence electrons. The van der Waals surface area contributed by atoms with Gasteiger partial charge in [0.15, 0.2) is 0 Å². The lowest BCUT2D eigenvalue weighted by molar-refractivity contribution is -0.140. The molecule has 1 fully saturated rings. The van der Waals surface area contributed by atoms with E-state index in [1.54, 1.807) is 4.72 Å². The van der Waals surface area contributed by atoms with Crippen molar-refractivity contribution in [2.24, 2.45) is 0 Å². The number of carbonyl (C=O) groups is 1. The molecule has 1 heterocycles. The summed E-state index contributed by atoms with van der Waals surface area (Å²) in [4.78, 5) is 15.0. The van der Waals surface area contributed by atoms with Crippen LogP contribution in [0, 0.1) is 5.82 Å². The average Bonchev–Trinajstić information content (AvgIpc) is 3.33. The molecular formula is C24H22BrF4N3O5S. The number of aromatic nitrogens is 2. The zero-order valence-electron chi connectivity index (χ0n) is 19.6. The number of aliphatic carboxylic acids is 1. The standard InChI is InChI=1S/C24H22BrF4N3O5S/c25-15-7-9-20(17(12-15)24(27,28)29)38(35,36)32-19(23(33)34)11-13-6-8-16(18(26)10-13)21-30-22(37-31-21)14-4-2-1-3-5-14/h6-10,12,14,19,32H,1-5,11H2,(H,33,34). The second-order valence-corrected chi connectivity index (χ2v) is 11.6. The van der Waals surface area contributed by atoms with Gasteiger partial charge in [-0.1, -0.05) is 46.4 Å². The fourth-order valence-corrected chi connectivity index (χ4v) is 6.11. The fraction of sp³-hybridized carbons (Fsp3) is 0.375. The first kappa shape index (κ1) is 28.2. The second-order valence-electron chi connectivity index (χ2n) is 8.96. The minimum absolute atomic E-state index is 0.0108. The van der Waals surface area contributed by atoms with Gasteiger partial charge in [-0.15, -0.1) is 0 Å². The largest absolute Gasteiger partial charge is 0.480 e. The highest BCUT2D eigenvalue weighted by Gasteiger charge is 2.38. The number of hydrogen-bond donors (Lipinski definition) is 2. The predicted molar refractivity (Wildman–Crippen MR) is 130 cm³/mol. The Morgan fingerprint density at radius 1 is 1.16 bits per heavy atom. The summed E-state index contributed by atoms with van der Waals surface area (Å²) in [5.74, 6) is -1.88. The Labute approximate surface area is 223 Å². The Kier molecular flexibility index (Phi) is 8.23. The van der Waals surface area contributed by atoms with Gasteiger partial charge in [-0.05, 0) is 55.2 Å². The lowest BCUT2D eigenvalue weighted by atomic mass is 9.89. The number of nitrogens with one attached hydrogen (secondary N) is 1. The summed E-state index contributed by atoms with van der Waals surface area (Å²) in [5.41, 5.74) is -1.37. The smallest absolute Gasteiger partial charge is 0.417 e. The van der Waals surface area contributed by atoms with Crippen molar-refractivity contribution in [1.29, 1.82) is 0 Å². The number of rotatable bonds is 8. The number of sulfonamides is 1. The molecule has 0 saturated heterocycles. The van der Waals surface area contributed by atoms with Gasteiger partial charge in [0.25, 0.3) is 0 Å². The van der Waals surface area contributed by atoms with E-state index in [0.717, 1.165) is 50.3 Å². The minimum Gasteiger partial charge on any atom is -0.480 e. The molecule has 2 aromatic carbocycles. The van der Waals surface area contributed by atoms with E-state index in [1.165, 1.54) is 12.1 Å². The van der Waals surface area contributed by atoms with Crippen molar-refractivity contribution in [2.45, 2.75) is 61.6 Å². The van der Waals surface area contributed by atoms with Crippen molar-refractivity contribution in [3.05, 3.63) is 63.7 Å². The molecule has 1 aromatic heterocycles. The summed E-state index contributed by atoms with van der Waals surface area (Å²) in [6.45, 7) is 0. The van der Waals surface area contributed by atoms with Crippen LogP contribution >= 0.6 is 15.9 Å². The number of carboxylic acids is 1. The third kappa shape index (κ3) is 6.41. The van der Waals surface area contributed by atoms with Crippen LogP contribution in [0.4, 0.5) is 17.6 Å². The molecule has 3 aromatic rings. The van der Waals surface area contributed by atoms with Gasteiger partial charge in [0.2, 0.25) is 21.7 Å². The van der Waals surface area contributed by atoms with Gasteiger partial charge in [0, 0.05) is 10.4 Å². The van der Waals surface area contributed by atoms with E-state index in [-0.39, 0.29) is 27.3 Å². The zero-order valence-corrected chi connectivity index (χ0v) is 22.0. The summed E-state index contributed by atoms with van der Waals surface area (Å²) in [6.07, 6.45) is -0.534. The van der Waals surface area contributed by atoms with E-state index < -0.39 is 50.9 Å². The first-order valence-corrected chi connectivity index (χ1v) is 13.9. The van der Waals surface area contributed by atoms with Crippen molar-refractivity contribution in [1.82, 2.24) is 14.9 Å². The van der Waals surface area contributed by atoms with Crippen LogP contribution in [-0.4, -0.2) is 35.7 Å². The van der Waals surface area contributed by atoms with Crippen LogP contribution in [-0.2, 0) is 27.4 Å². The van der Waals surface area contributed by atoms with E-state index in [2.05, 4.69) is 26.1 Å². The molecule has 0 amide bonds. The summed E-state index contributed by atoms with van der Waals surface area (Å²) in [5, 5.41) is 13.4. The van der Waals surface area contributed by atoms with Crippen molar-refractivity contribution < 1.29 is 40.4 Å². The quantitative estimate of drug-likeness (QED) is 0.311. The lowest BCUT2D eigenvalue weighted by Crippen LogP contribution is -2.42. The number of nitrogens with zero attached hydrogens (tertiary/aromatic N) is 2. The molecule has 4 rings (SSSR count). The Morgan fingerprint density at radius 3 is 2.50 bits per heavy atom. The Bertz CT molecular complexity index is 1440. The molecule has 0 radical (unpaired) electrons. The van der Waals surface area contributed by atoms with Crippen LogP contribution in [0.25, 0.3) is 11.4 Å². The molecular weight excluding hydrogens is 598 g/mol. The summed E-state index contributed by atoms with van der Waals surface area (Å²) < 4.78 is 87.9. The second kappa shape index (κ2) is 11.1. The highest BCUT2D eigenvalue weighted by Crippen LogP contribution is 2.36. The molecule has 8 nitrogen and oxygen atoms in total. The van der Waals surface area contributed by atoms with Gasteiger partial charge in [-0.25, -0.2) is 12.8 Å². The van der Waals surface area contributed by atoms with Crippen LogP contribution < -0.4 is 4.72 Å². The van der Waals surface area contributed by atoms with Crippen LogP contribution in [0.1, 0.15) is 55.0 Å². The van der Waals surface area contributed by atoms with Gasteiger partial charge in [-0.2, -0.15) is 22.9 Å². The predicted octanol–water partition coefficient (Wildman–Crippen LogP) is 5.68. The third-order valence-corrected chi connectivity index (χ3v) is 8.27. The maximum Gasteiger partial charge on any atom is 0.417 e. The molecule has 2 N–H and O–H groups in total. The highest BCUT2D eigenvalue weighted by molar-refractivity contribution is 9.10. The van der Waals surface area contributed by atoms with Gasteiger partial charge in [0.1, 0.15) is 11.9 Å². The number of alkyl halides is 3. The van der Waals surface area contributed by atoms with E-state index in [0.29, 0.717) is 12.0 Å². The first-order valence-electron chi connectivity index (χ1n) is 11.6. The van der Waals surface area contributed by atoms with Crippen molar-refractivity contribution in [3.63, 3.8) is 0 Å². The lowest BCUT2D eigenvalue weighted by Gasteiger charge is -2.18. The van der Waals surface area contributed by atoms with E-state index >= 15 is 0 Å². The Hall–Kier alpha value is -2.84. The monoisotopic (exact) mass is 619 g/mol. The SMILES string of the molecule is O=C(O)C(Cc1ccc(-c2noc(C3CCCCC3)n2)c(F)c1)NS(=O)(=O)c1ccc(Br)cc1C(F)(F)F.